The fraction of sp³-hybridized carbons (Fsp3) is 0. The SMILES string of the molecule is N#Cc1c(-c2nc3ccccc3s2)c(-n2c3ccccc3c3ccccc32)c(-n2c3ccccc3c3ccccc32)c(-n2c3ccccc3c3ccccc32)c1-n1c2ccccc2c2ccccc21. The van der Waals surface area contributed by atoms with Gasteiger partial charge in [-0.25, -0.2) is 4.98 Å². The highest BCUT2D eigenvalue weighted by molar-refractivity contribution is 7.21. The van der Waals surface area contributed by atoms with Gasteiger partial charge in [-0.2, -0.15) is 5.26 Å². The molecule has 0 fully saturated rings. The molecule has 0 N–H and O–H groups in total. The first-order valence-corrected chi connectivity index (χ1v) is 24.0. The Morgan fingerprint density at radius 2 is 0.594 bits per heavy atom. The van der Waals surface area contributed by atoms with E-state index >= 15 is 0 Å². The standard InChI is InChI=1S/C62H36N6S/c63-37-46-57(62-64-47-27-9-18-36-56(47)69-62)59(66-50-30-12-3-21-40(50)41-22-4-13-31-51(41)66)61(68-54-34-16-7-25-44(54)45-26-8-17-35-55(45)68)60(67-52-32-14-5-23-42(52)43-24-6-15-33-53(43)67)58(46)65-48-28-10-1-19-38(48)39-20-2-11-29-49(39)65/h1-36H. The molecule has 0 atom stereocenters. The quantitative estimate of drug-likeness (QED) is 0.173. The average Bonchev–Trinajstić information content (AvgIpc) is 4.22. The van der Waals surface area contributed by atoms with E-state index in [-0.39, 0.29) is 0 Å². The predicted molar refractivity (Wildman–Crippen MR) is 287 cm³/mol. The minimum Gasteiger partial charge on any atom is -0.306 e. The first-order valence-electron chi connectivity index (χ1n) is 23.2. The second kappa shape index (κ2) is 14.4. The number of nitrogens with zero attached hydrogens (tertiary/aromatic N) is 6. The number of aromatic nitrogens is 5. The Morgan fingerprint density at radius 1 is 0.319 bits per heavy atom. The first kappa shape index (κ1) is 37.9. The van der Waals surface area contributed by atoms with E-state index in [9.17, 15) is 5.26 Å². The Labute approximate surface area is 398 Å². The van der Waals surface area contributed by atoms with Crippen LogP contribution in [-0.2, 0) is 0 Å². The van der Waals surface area contributed by atoms with Gasteiger partial charge in [-0.05, 0) is 60.7 Å². The number of nitriles is 1. The minimum absolute atomic E-state index is 0.527. The number of benzene rings is 10. The molecule has 320 valence electrons. The lowest BCUT2D eigenvalue weighted by atomic mass is 9.97. The molecular weight excluding hydrogens is 861 g/mol. The summed E-state index contributed by atoms with van der Waals surface area (Å²) in [5.41, 5.74) is 13.9. The number of hydrogen-bond donors (Lipinski definition) is 0. The van der Waals surface area contributed by atoms with Crippen LogP contribution in [0.3, 0.4) is 0 Å². The minimum atomic E-state index is 0.527. The molecule has 69 heavy (non-hydrogen) atoms. The second-order valence-corrected chi connectivity index (χ2v) is 18.8. The molecule has 10 aromatic carbocycles. The van der Waals surface area contributed by atoms with Crippen LogP contribution in [-0.4, -0.2) is 23.3 Å². The molecule has 0 saturated carbocycles. The monoisotopic (exact) mass is 896 g/mol. The molecule has 0 aliphatic carbocycles. The molecule has 0 saturated heterocycles. The third kappa shape index (κ3) is 5.15. The summed E-state index contributed by atoms with van der Waals surface area (Å²) in [6.45, 7) is 0. The fourth-order valence-corrected chi connectivity index (χ4v) is 12.5. The van der Waals surface area contributed by atoms with Crippen LogP contribution in [0.4, 0.5) is 0 Å². The lowest BCUT2D eigenvalue weighted by molar-refractivity contribution is 1.02. The van der Waals surface area contributed by atoms with Gasteiger partial charge in [-0.3, -0.25) is 0 Å². The molecule has 0 radical (unpaired) electrons. The van der Waals surface area contributed by atoms with Gasteiger partial charge >= 0.3 is 0 Å². The van der Waals surface area contributed by atoms with Crippen molar-refractivity contribution in [2.75, 3.05) is 0 Å². The summed E-state index contributed by atoms with van der Waals surface area (Å²) in [7, 11) is 0. The van der Waals surface area contributed by atoms with Crippen molar-refractivity contribution in [1.29, 1.82) is 5.26 Å². The summed E-state index contributed by atoms with van der Waals surface area (Å²) in [6.07, 6.45) is 0. The summed E-state index contributed by atoms with van der Waals surface area (Å²) in [5.74, 6) is 0. The van der Waals surface area contributed by atoms with Crippen molar-refractivity contribution < 1.29 is 0 Å². The first-order chi connectivity index (χ1) is 34.3. The lowest BCUT2D eigenvalue weighted by Gasteiger charge is -2.29. The Kier molecular flexibility index (Phi) is 7.91. The summed E-state index contributed by atoms with van der Waals surface area (Å²) in [5, 5.41) is 22.3. The molecule has 15 aromatic rings. The molecule has 0 spiro atoms. The zero-order valence-electron chi connectivity index (χ0n) is 36.9. The molecule has 6 nitrogen and oxygen atoms in total. The van der Waals surface area contributed by atoms with Gasteiger partial charge in [0.05, 0.1) is 88.2 Å². The van der Waals surface area contributed by atoms with Crippen LogP contribution in [0.15, 0.2) is 218 Å². The largest absolute Gasteiger partial charge is 0.306 e. The van der Waals surface area contributed by atoms with Gasteiger partial charge in [-0.15, -0.1) is 11.3 Å². The van der Waals surface area contributed by atoms with Crippen LogP contribution < -0.4 is 0 Å². The molecule has 0 bridgehead atoms. The second-order valence-electron chi connectivity index (χ2n) is 17.7. The highest BCUT2D eigenvalue weighted by atomic mass is 32.1. The van der Waals surface area contributed by atoms with Crippen molar-refractivity contribution in [3.63, 3.8) is 0 Å². The van der Waals surface area contributed by atoms with Crippen LogP contribution in [0.1, 0.15) is 5.56 Å². The van der Waals surface area contributed by atoms with E-state index in [0.717, 1.165) is 131 Å². The van der Waals surface area contributed by atoms with Crippen LogP contribution in [0, 0.1) is 11.3 Å². The van der Waals surface area contributed by atoms with Crippen molar-refractivity contribution in [1.82, 2.24) is 23.3 Å². The molecule has 0 aliphatic rings. The van der Waals surface area contributed by atoms with Crippen LogP contribution in [0.2, 0.25) is 0 Å². The molecule has 0 aliphatic heterocycles. The molecule has 5 heterocycles. The highest BCUT2D eigenvalue weighted by Gasteiger charge is 2.36. The molecule has 15 rings (SSSR count). The Morgan fingerprint density at radius 3 is 0.928 bits per heavy atom. The average molecular weight is 897 g/mol. The summed E-state index contributed by atoms with van der Waals surface area (Å²) in [4.78, 5) is 5.54. The molecule has 0 amide bonds. The maximum atomic E-state index is 12.5. The Bertz CT molecular complexity index is 4450. The van der Waals surface area contributed by atoms with E-state index in [0.29, 0.717) is 5.56 Å². The lowest BCUT2D eigenvalue weighted by Crippen LogP contribution is -2.16. The van der Waals surface area contributed by atoms with Gasteiger partial charge in [-0.1, -0.05) is 158 Å². The van der Waals surface area contributed by atoms with E-state index in [1.807, 2.05) is 6.07 Å². The summed E-state index contributed by atoms with van der Waals surface area (Å²) in [6, 6.07) is 80.9. The van der Waals surface area contributed by atoms with Gasteiger partial charge in [0.2, 0.25) is 0 Å². The summed E-state index contributed by atoms with van der Waals surface area (Å²) < 4.78 is 10.8. The van der Waals surface area contributed by atoms with Gasteiger partial charge in [0.25, 0.3) is 0 Å². The third-order valence-electron chi connectivity index (χ3n) is 14.2. The van der Waals surface area contributed by atoms with Gasteiger partial charge < -0.3 is 18.3 Å². The Hall–Kier alpha value is -9.22. The molecule has 7 heteroatoms. The van der Waals surface area contributed by atoms with Crippen molar-refractivity contribution in [2.45, 2.75) is 0 Å². The normalized spacial score (nSPS) is 12.0. The molecule has 0 unspecified atom stereocenters. The molecule has 5 aromatic heterocycles. The van der Waals surface area contributed by atoms with Crippen LogP contribution in [0.5, 0.6) is 0 Å². The zero-order chi connectivity index (χ0) is 45.3. The molecular formula is C62H36N6S. The van der Waals surface area contributed by atoms with Crippen LogP contribution >= 0.6 is 11.3 Å². The maximum absolute atomic E-state index is 12.5. The Balaban J connectivity index is 1.33. The van der Waals surface area contributed by atoms with Crippen LogP contribution in [0.25, 0.3) is 131 Å². The topological polar surface area (TPSA) is 56.4 Å². The van der Waals surface area contributed by atoms with Gasteiger partial charge in [0.1, 0.15) is 11.1 Å². The van der Waals surface area contributed by atoms with E-state index in [4.69, 9.17) is 4.98 Å². The smallest absolute Gasteiger partial charge is 0.128 e. The van der Waals surface area contributed by atoms with Gasteiger partial charge in [0.15, 0.2) is 0 Å². The zero-order valence-corrected chi connectivity index (χ0v) is 37.7. The van der Waals surface area contributed by atoms with E-state index in [2.05, 4.69) is 237 Å². The van der Waals surface area contributed by atoms with Crippen molar-refractivity contribution in [3.8, 4) is 39.4 Å². The number of rotatable bonds is 5. The number of para-hydroxylation sites is 9. The number of fused-ring (bicyclic) bond motifs is 13. The van der Waals surface area contributed by atoms with E-state index < -0.39 is 0 Å². The van der Waals surface area contributed by atoms with Crippen molar-refractivity contribution >= 4 is 109 Å². The number of hydrogen-bond acceptors (Lipinski definition) is 3. The summed E-state index contributed by atoms with van der Waals surface area (Å²) >= 11 is 1.64. The maximum Gasteiger partial charge on any atom is 0.128 e. The highest BCUT2D eigenvalue weighted by Crippen LogP contribution is 2.52. The third-order valence-corrected chi connectivity index (χ3v) is 15.3. The van der Waals surface area contributed by atoms with Gasteiger partial charge in [0, 0.05) is 43.1 Å². The predicted octanol–water partition coefficient (Wildman–Crippen LogP) is 16.2. The fourth-order valence-electron chi connectivity index (χ4n) is 11.5. The number of thiazole rings is 1. The van der Waals surface area contributed by atoms with Crippen molar-refractivity contribution in [2.24, 2.45) is 0 Å². The van der Waals surface area contributed by atoms with E-state index in [1.165, 1.54) is 0 Å². The van der Waals surface area contributed by atoms with Crippen molar-refractivity contribution in [3.05, 3.63) is 224 Å². The van der Waals surface area contributed by atoms with E-state index in [1.54, 1.807) is 11.3 Å².